The number of anilines is 1. The number of para-hydroxylation sites is 1. The zero-order chi connectivity index (χ0) is 21.7. The molecular formula is C20H23N5O3S2. The predicted molar refractivity (Wildman–Crippen MR) is 119 cm³/mol. The Morgan fingerprint density at radius 3 is 2.70 bits per heavy atom. The SMILES string of the molecule is Cc1cccc(-c2n[nH]c(=S)n2CCC(=O)NCc2ccccc2NS(C)(=O)=O)c1. The van der Waals surface area contributed by atoms with Crippen LogP contribution in [0.25, 0.3) is 11.4 Å². The molecule has 0 radical (unpaired) electrons. The van der Waals surface area contributed by atoms with Crippen molar-refractivity contribution < 1.29 is 13.2 Å². The van der Waals surface area contributed by atoms with Gasteiger partial charge in [0.15, 0.2) is 10.6 Å². The number of nitrogens with one attached hydrogen (secondary N) is 3. The van der Waals surface area contributed by atoms with Gasteiger partial charge in [-0.25, -0.2) is 8.42 Å². The third-order valence-corrected chi connectivity index (χ3v) is 5.29. The molecule has 0 bridgehead atoms. The van der Waals surface area contributed by atoms with Crippen LogP contribution in [0.15, 0.2) is 48.5 Å². The average Bonchev–Trinajstić information content (AvgIpc) is 3.05. The van der Waals surface area contributed by atoms with Crippen molar-refractivity contribution in [1.29, 1.82) is 0 Å². The molecule has 0 aliphatic rings. The largest absolute Gasteiger partial charge is 0.352 e. The van der Waals surface area contributed by atoms with Gasteiger partial charge < -0.3 is 5.32 Å². The van der Waals surface area contributed by atoms with E-state index in [1.807, 2.05) is 31.2 Å². The van der Waals surface area contributed by atoms with Crippen LogP contribution < -0.4 is 10.0 Å². The normalized spacial score (nSPS) is 11.3. The molecule has 3 N–H and O–H groups in total. The monoisotopic (exact) mass is 445 g/mol. The fraction of sp³-hybridized carbons (Fsp3) is 0.250. The maximum Gasteiger partial charge on any atom is 0.229 e. The number of aromatic nitrogens is 3. The highest BCUT2D eigenvalue weighted by Crippen LogP contribution is 2.19. The molecule has 0 saturated carbocycles. The van der Waals surface area contributed by atoms with E-state index >= 15 is 0 Å². The second-order valence-corrected chi connectivity index (χ2v) is 9.07. The molecule has 3 rings (SSSR count). The second-order valence-electron chi connectivity index (χ2n) is 6.93. The topological polar surface area (TPSA) is 109 Å². The quantitative estimate of drug-likeness (QED) is 0.462. The molecule has 0 aliphatic heterocycles. The Hall–Kier alpha value is -2.98. The first kappa shape index (κ1) is 21.7. The van der Waals surface area contributed by atoms with E-state index in [0.29, 0.717) is 28.4 Å². The average molecular weight is 446 g/mol. The van der Waals surface area contributed by atoms with E-state index in [0.717, 1.165) is 17.4 Å². The Morgan fingerprint density at radius 2 is 1.97 bits per heavy atom. The molecule has 30 heavy (non-hydrogen) atoms. The van der Waals surface area contributed by atoms with E-state index in [4.69, 9.17) is 12.2 Å². The summed E-state index contributed by atoms with van der Waals surface area (Å²) >= 11 is 5.31. The van der Waals surface area contributed by atoms with E-state index < -0.39 is 10.0 Å². The minimum Gasteiger partial charge on any atom is -0.352 e. The number of carbonyl (C=O) groups excluding carboxylic acids is 1. The maximum atomic E-state index is 12.4. The van der Waals surface area contributed by atoms with Crippen molar-refractivity contribution in [3.05, 3.63) is 64.4 Å². The second kappa shape index (κ2) is 9.23. The molecule has 0 saturated heterocycles. The van der Waals surface area contributed by atoms with Gasteiger partial charge in [-0.1, -0.05) is 42.0 Å². The fourth-order valence-electron chi connectivity index (χ4n) is 3.00. The van der Waals surface area contributed by atoms with Crippen LogP contribution in [0.4, 0.5) is 5.69 Å². The van der Waals surface area contributed by atoms with Crippen LogP contribution in [0.5, 0.6) is 0 Å². The van der Waals surface area contributed by atoms with Gasteiger partial charge in [-0.15, -0.1) is 0 Å². The first-order valence-electron chi connectivity index (χ1n) is 9.27. The molecule has 0 aliphatic carbocycles. The van der Waals surface area contributed by atoms with E-state index in [1.165, 1.54) is 0 Å². The summed E-state index contributed by atoms with van der Waals surface area (Å²) in [6, 6.07) is 14.8. The first-order valence-corrected chi connectivity index (χ1v) is 11.6. The lowest BCUT2D eigenvalue weighted by Gasteiger charge is -2.12. The van der Waals surface area contributed by atoms with Gasteiger partial charge in [0.05, 0.1) is 11.9 Å². The van der Waals surface area contributed by atoms with Crippen LogP contribution in [0, 0.1) is 11.7 Å². The molecule has 8 nitrogen and oxygen atoms in total. The van der Waals surface area contributed by atoms with E-state index in [1.54, 1.807) is 28.8 Å². The highest BCUT2D eigenvalue weighted by molar-refractivity contribution is 7.92. The zero-order valence-corrected chi connectivity index (χ0v) is 18.3. The van der Waals surface area contributed by atoms with Crippen LogP contribution >= 0.6 is 12.2 Å². The van der Waals surface area contributed by atoms with Crippen molar-refractivity contribution in [2.45, 2.75) is 26.4 Å². The van der Waals surface area contributed by atoms with Gasteiger partial charge in [-0.3, -0.25) is 19.2 Å². The molecule has 10 heteroatoms. The number of benzene rings is 2. The molecular weight excluding hydrogens is 422 g/mol. The van der Waals surface area contributed by atoms with Gasteiger partial charge in [0.1, 0.15) is 0 Å². The predicted octanol–water partition coefficient (Wildman–Crippen LogP) is 2.99. The zero-order valence-electron chi connectivity index (χ0n) is 16.7. The molecule has 1 heterocycles. The van der Waals surface area contributed by atoms with Crippen LogP contribution in [-0.4, -0.2) is 35.3 Å². The molecule has 0 atom stereocenters. The molecule has 1 aromatic heterocycles. The third-order valence-electron chi connectivity index (χ3n) is 4.39. The number of nitrogens with zero attached hydrogens (tertiary/aromatic N) is 2. The summed E-state index contributed by atoms with van der Waals surface area (Å²) in [5.41, 5.74) is 3.14. The van der Waals surface area contributed by atoms with E-state index in [-0.39, 0.29) is 18.9 Å². The van der Waals surface area contributed by atoms with E-state index in [9.17, 15) is 13.2 Å². The Bertz CT molecular complexity index is 1210. The van der Waals surface area contributed by atoms with E-state index in [2.05, 4.69) is 20.2 Å². The van der Waals surface area contributed by atoms with Gasteiger partial charge in [-0.05, 0) is 36.8 Å². The molecule has 2 aromatic carbocycles. The molecule has 3 aromatic rings. The van der Waals surface area contributed by atoms with Crippen molar-refractivity contribution in [3.63, 3.8) is 0 Å². The summed E-state index contributed by atoms with van der Waals surface area (Å²) in [7, 11) is -3.41. The summed E-state index contributed by atoms with van der Waals surface area (Å²) < 4.78 is 27.7. The highest BCUT2D eigenvalue weighted by Gasteiger charge is 2.12. The maximum absolute atomic E-state index is 12.4. The summed E-state index contributed by atoms with van der Waals surface area (Å²) in [6.07, 6.45) is 1.29. The third kappa shape index (κ3) is 5.77. The minimum absolute atomic E-state index is 0.178. The Labute approximate surface area is 180 Å². The van der Waals surface area contributed by atoms with Crippen molar-refractivity contribution in [2.24, 2.45) is 0 Å². The minimum atomic E-state index is -3.41. The fourth-order valence-corrected chi connectivity index (χ4v) is 3.82. The number of hydrogen-bond acceptors (Lipinski definition) is 5. The van der Waals surface area contributed by atoms with Crippen molar-refractivity contribution in [2.75, 3.05) is 11.0 Å². The first-order chi connectivity index (χ1) is 14.2. The Kier molecular flexibility index (Phi) is 6.68. The van der Waals surface area contributed by atoms with Crippen molar-refractivity contribution >= 4 is 33.8 Å². The molecule has 158 valence electrons. The summed E-state index contributed by atoms with van der Waals surface area (Å²) in [6.45, 7) is 2.58. The summed E-state index contributed by atoms with van der Waals surface area (Å²) in [5, 5.41) is 9.90. The van der Waals surface area contributed by atoms with Gasteiger partial charge in [0.2, 0.25) is 15.9 Å². The lowest BCUT2D eigenvalue weighted by molar-refractivity contribution is -0.121. The molecule has 0 spiro atoms. The molecule has 1 amide bonds. The summed E-state index contributed by atoms with van der Waals surface area (Å²) in [5.74, 6) is 0.502. The van der Waals surface area contributed by atoms with Gasteiger partial charge >= 0.3 is 0 Å². The van der Waals surface area contributed by atoms with Crippen molar-refractivity contribution in [3.8, 4) is 11.4 Å². The van der Waals surface area contributed by atoms with Crippen LogP contribution in [0.2, 0.25) is 0 Å². The Balaban J connectivity index is 1.64. The van der Waals surface area contributed by atoms with Crippen LogP contribution in [-0.2, 0) is 27.9 Å². The lowest BCUT2D eigenvalue weighted by Crippen LogP contribution is -2.25. The standard InChI is InChI=1S/C20H23N5O3S2/c1-14-6-5-8-15(12-14)19-22-23-20(29)25(19)11-10-18(26)21-13-16-7-3-4-9-17(16)24-30(2,27)28/h3-9,12,24H,10-11,13H2,1-2H3,(H,21,26)(H,23,29). The highest BCUT2D eigenvalue weighted by atomic mass is 32.2. The number of aromatic amines is 1. The number of aryl methyl sites for hydroxylation is 1. The summed E-state index contributed by atoms with van der Waals surface area (Å²) in [4.78, 5) is 12.4. The van der Waals surface area contributed by atoms with Gasteiger partial charge in [0.25, 0.3) is 0 Å². The number of carbonyl (C=O) groups is 1. The van der Waals surface area contributed by atoms with Gasteiger partial charge in [0, 0.05) is 25.1 Å². The Morgan fingerprint density at radius 1 is 1.20 bits per heavy atom. The van der Waals surface area contributed by atoms with Crippen LogP contribution in [0.1, 0.15) is 17.5 Å². The smallest absolute Gasteiger partial charge is 0.229 e. The molecule has 0 unspecified atom stereocenters. The lowest BCUT2D eigenvalue weighted by atomic mass is 10.1. The number of sulfonamides is 1. The number of rotatable bonds is 8. The molecule has 0 fully saturated rings. The van der Waals surface area contributed by atoms with Gasteiger partial charge in [-0.2, -0.15) is 5.10 Å². The number of hydrogen-bond donors (Lipinski definition) is 3. The number of amides is 1. The van der Waals surface area contributed by atoms with Crippen molar-refractivity contribution in [1.82, 2.24) is 20.1 Å². The van der Waals surface area contributed by atoms with Crippen LogP contribution in [0.3, 0.4) is 0 Å². The number of H-pyrrole nitrogens is 1.